The number of nitrogens with zero attached hydrogens (tertiary/aromatic N) is 1. The quantitative estimate of drug-likeness (QED) is 0.149. The lowest BCUT2D eigenvalue weighted by Crippen LogP contribution is -2.09. The Morgan fingerprint density at radius 1 is 0.197 bits per heavy atom. The third-order valence-electron chi connectivity index (χ3n) is 12.0. The molecule has 286 valence electrons. The Morgan fingerprint density at radius 2 is 0.557 bits per heavy atom. The molecule has 0 saturated carbocycles. The summed E-state index contributed by atoms with van der Waals surface area (Å²) in [6.45, 7) is 0. The maximum absolute atomic E-state index is 2.36. The van der Waals surface area contributed by atoms with Gasteiger partial charge in [0.1, 0.15) is 0 Å². The van der Waals surface area contributed by atoms with E-state index in [-0.39, 0.29) is 0 Å². The van der Waals surface area contributed by atoms with Crippen LogP contribution in [-0.2, 0) is 0 Å². The highest BCUT2D eigenvalue weighted by molar-refractivity contribution is 6.06. The van der Waals surface area contributed by atoms with Gasteiger partial charge in [-0.25, -0.2) is 0 Å². The number of fused-ring (bicyclic) bond motifs is 3. The Balaban J connectivity index is 0.932. The van der Waals surface area contributed by atoms with Crippen molar-refractivity contribution in [2.24, 2.45) is 0 Å². The molecular formula is C60H41N. The third-order valence-corrected chi connectivity index (χ3v) is 12.0. The highest BCUT2D eigenvalue weighted by Crippen LogP contribution is 2.40. The second kappa shape index (κ2) is 15.6. The Hall–Kier alpha value is -8.00. The van der Waals surface area contributed by atoms with Gasteiger partial charge in [0, 0.05) is 17.1 Å². The number of hydrogen-bond donors (Lipinski definition) is 0. The van der Waals surface area contributed by atoms with Gasteiger partial charge in [-0.15, -0.1) is 0 Å². The van der Waals surface area contributed by atoms with Crippen molar-refractivity contribution in [1.82, 2.24) is 0 Å². The number of hydrogen-bond acceptors (Lipinski definition) is 1. The van der Waals surface area contributed by atoms with Gasteiger partial charge in [0.2, 0.25) is 0 Å². The molecule has 11 rings (SSSR count). The zero-order valence-corrected chi connectivity index (χ0v) is 33.6. The molecule has 1 heteroatoms. The van der Waals surface area contributed by atoms with Crippen molar-refractivity contribution in [3.8, 4) is 55.6 Å². The summed E-state index contributed by atoms with van der Waals surface area (Å²) in [7, 11) is 0. The first kappa shape index (κ1) is 36.1. The van der Waals surface area contributed by atoms with E-state index in [1.54, 1.807) is 0 Å². The fourth-order valence-electron chi connectivity index (χ4n) is 8.89. The molecule has 0 aliphatic heterocycles. The number of anilines is 3. The molecule has 0 aromatic heterocycles. The smallest absolute Gasteiger partial charge is 0.0468 e. The maximum Gasteiger partial charge on any atom is 0.0468 e. The molecular weight excluding hydrogens is 735 g/mol. The summed E-state index contributed by atoms with van der Waals surface area (Å²) in [5, 5.41) is 7.46. The molecule has 0 bridgehead atoms. The van der Waals surface area contributed by atoms with Gasteiger partial charge in [-0.05, 0) is 136 Å². The van der Waals surface area contributed by atoms with E-state index in [1.807, 2.05) is 0 Å². The van der Waals surface area contributed by atoms with E-state index in [1.165, 1.54) is 88.0 Å². The van der Waals surface area contributed by atoms with Crippen LogP contribution in [0.4, 0.5) is 17.1 Å². The van der Waals surface area contributed by atoms with E-state index in [0.717, 1.165) is 17.1 Å². The van der Waals surface area contributed by atoms with Crippen LogP contribution in [-0.4, -0.2) is 0 Å². The van der Waals surface area contributed by atoms with Crippen molar-refractivity contribution < 1.29 is 0 Å². The van der Waals surface area contributed by atoms with Crippen molar-refractivity contribution in [2.45, 2.75) is 0 Å². The van der Waals surface area contributed by atoms with Gasteiger partial charge in [-0.2, -0.15) is 0 Å². The molecule has 0 amide bonds. The van der Waals surface area contributed by atoms with E-state index in [2.05, 4.69) is 254 Å². The summed E-state index contributed by atoms with van der Waals surface area (Å²) < 4.78 is 0. The monoisotopic (exact) mass is 775 g/mol. The van der Waals surface area contributed by atoms with Gasteiger partial charge in [0.05, 0.1) is 0 Å². The molecule has 0 aliphatic rings. The summed E-state index contributed by atoms with van der Waals surface area (Å²) >= 11 is 0. The Labute approximate surface area is 357 Å². The maximum atomic E-state index is 2.36. The fourth-order valence-corrected chi connectivity index (χ4v) is 8.89. The van der Waals surface area contributed by atoms with Crippen molar-refractivity contribution in [2.75, 3.05) is 4.90 Å². The van der Waals surface area contributed by atoms with Crippen molar-refractivity contribution in [1.29, 1.82) is 0 Å². The molecule has 0 radical (unpaired) electrons. The van der Waals surface area contributed by atoms with Gasteiger partial charge < -0.3 is 4.90 Å². The topological polar surface area (TPSA) is 3.24 Å². The molecule has 0 heterocycles. The molecule has 0 aliphatic carbocycles. The van der Waals surface area contributed by atoms with Crippen molar-refractivity contribution >= 4 is 49.4 Å². The lowest BCUT2D eigenvalue weighted by molar-refractivity contribution is 1.29. The van der Waals surface area contributed by atoms with E-state index < -0.39 is 0 Å². The molecule has 11 aromatic rings. The van der Waals surface area contributed by atoms with Crippen LogP contribution in [0, 0.1) is 0 Å². The molecule has 61 heavy (non-hydrogen) atoms. The zero-order chi connectivity index (χ0) is 40.5. The summed E-state index contributed by atoms with van der Waals surface area (Å²) in [6.07, 6.45) is 0. The van der Waals surface area contributed by atoms with Crippen molar-refractivity contribution in [3.05, 3.63) is 249 Å². The first-order valence-corrected chi connectivity index (χ1v) is 21.0. The second-order valence-corrected chi connectivity index (χ2v) is 15.8. The molecule has 0 unspecified atom stereocenters. The van der Waals surface area contributed by atoms with Crippen LogP contribution in [0.15, 0.2) is 249 Å². The van der Waals surface area contributed by atoms with E-state index in [0.29, 0.717) is 0 Å². The van der Waals surface area contributed by atoms with Crippen molar-refractivity contribution in [3.63, 3.8) is 0 Å². The van der Waals surface area contributed by atoms with E-state index in [4.69, 9.17) is 0 Å². The molecule has 0 atom stereocenters. The predicted molar refractivity (Wildman–Crippen MR) is 261 cm³/mol. The van der Waals surface area contributed by atoms with E-state index >= 15 is 0 Å². The predicted octanol–water partition coefficient (Wildman–Crippen LogP) is 17.0. The van der Waals surface area contributed by atoms with E-state index in [9.17, 15) is 0 Å². The average Bonchev–Trinajstić information content (AvgIpc) is 3.34. The van der Waals surface area contributed by atoms with Crippen LogP contribution < -0.4 is 4.90 Å². The minimum Gasteiger partial charge on any atom is -0.310 e. The lowest BCUT2D eigenvalue weighted by atomic mass is 9.91. The van der Waals surface area contributed by atoms with Gasteiger partial charge in [0.25, 0.3) is 0 Å². The van der Waals surface area contributed by atoms with Crippen LogP contribution in [0.3, 0.4) is 0 Å². The largest absolute Gasteiger partial charge is 0.310 e. The third kappa shape index (κ3) is 7.03. The molecule has 0 saturated heterocycles. The molecule has 0 fully saturated rings. The second-order valence-electron chi connectivity index (χ2n) is 15.8. The first-order chi connectivity index (χ1) is 30.2. The summed E-state index contributed by atoms with van der Waals surface area (Å²) in [6, 6.07) is 90.4. The van der Waals surface area contributed by atoms with Crippen LogP contribution >= 0.6 is 0 Å². The molecule has 0 spiro atoms. The normalized spacial score (nSPS) is 11.3. The highest BCUT2D eigenvalue weighted by Gasteiger charge is 2.15. The number of rotatable bonds is 8. The minimum atomic E-state index is 1.10. The SMILES string of the molecule is c1ccc(-c2ccc(N(c3ccc(-c4ccc(-c5cccc6cccc(-c7ccccc7)c56)cc4)cc3)c3ccc4cc(-c5ccc6ccccc6c5)ccc4c3)cc2)cc1. The van der Waals surface area contributed by atoms with Crippen LogP contribution in [0.5, 0.6) is 0 Å². The minimum absolute atomic E-state index is 1.10. The van der Waals surface area contributed by atoms with Gasteiger partial charge in [-0.1, -0.05) is 200 Å². The molecule has 1 nitrogen and oxygen atoms in total. The first-order valence-electron chi connectivity index (χ1n) is 21.0. The fraction of sp³-hybridized carbons (Fsp3) is 0. The van der Waals surface area contributed by atoms with Crippen LogP contribution in [0.1, 0.15) is 0 Å². The standard InChI is InChI=1S/C60H41N/c1-3-11-42(12-4-1)45-29-34-55(35-30-45)61(57-38-33-53-40-52(27-28-54(53)41-57)51-26-23-43-13-7-8-16-50(43)39-51)56-36-31-46(32-37-56)44-21-24-48(25-22-44)59-20-10-18-49-17-9-19-58(60(49)59)47-14-5-2-6-15-47/h1-41H. The zero-order valence-electron chi connectivity index (χ0n) is 33.6. The summed E-state index contributed by atoms with van der Waals surface area (Å²) in [5.74, 6) is 0. The summed E-state index contributed by atoms with van der Waals surface area (Å²) in [5.41, 5.74) is 15.5. The van der Waals surface area contributed by atoms with Crippen LogP contribution in [0.2, 0.25) is 0 Å². The Morgan fingerprint density at radius 3 is 1.15 bits per heavy atom. The Kier molecular flexibility index (Phi) is 9.26. The van der Waals surface area contributed by atoms with Crippen LogP contribution in [0.25, 0.3) is 88.0 Å². The highest BCUT2D eigenvalue weighted by atomic mass is 15.1. The molecule has 0 N–H and O–H groups in total. The van der Waals surface area contributed by atoms with Gasteiger partial charge in [-0.3, -0.25) is 0 Å². The Bertz CT molecular complexity index is 3310. The number of benzene rings is 11. The van der Waals surface area contributed by atoms with Gasteiger partial charge >= 0.3 is 0 Å². The summed E-state index contributed by atoms with van der Waals surface area (Å²) in [4.78, 5) is 2.36. The lowest BCUT2D eigenvalue weighted by Gasteiger charge is -2.26. The van der Waals surface area contributed by atoms with Gasteiger partial charge in [0.15, 0.2) is 0 Å². The average molecular weight is 776 g/mol. The molecule has 11 aromatic carbocycles.